The molecule has 1 aromatic rings. The van der Waals surface area contributed by atoms with Gasteiger partial charge in [-0.3, -0.25) is 24.0 Å². The van der Waals surface area contributed by atoms with Crippen LogP contribution in [0, 0.1) is 30.6 Å². The summed E-state index contributed by atoms with van der Waals surface area (Å²) < 4.78 is 17.6. The number of benzene rings is 1. The van der Waals surface area contributed by atoms with E-state index in [1.807, 2.05) is 60.6 Å². The summed E-state index contributed by atoms with van der Waals surface area (Å²) in [6.45, 7) is 15.4. The summed E-state index contributed by atoms with van der Waals surface area (Å²) in [5.74, 6) is -2.20. The predicted molar refractivity (Wildman–Crippen MR) is 205 cm³/mol. The van der Waals surface area contributed by atoms with Crippen molar-refractivity contribution in [3.8, 4) is 0 Å². The lowest BCUT2D eigenvalue weighted by atomic mass is 9.89. The second-order valence-electron chi connectivity index (χ2n) is 15.2. The maximum atomic E-state index is 14.3. The number of methoxy groups -OCH3 is 3. The summed E-state index contributed by atoms with van der Waals surface area (Å²) in [6, 6.07) is 5.00. The molecule has 1 fully saturated rings. The van der Waals surface area contributed by atoms with Crippen molar-refractivity contribution in [1.29, 1.82) is 0 Å². The third-order valence-corrected chi connectivity index (χ3v) is 11.0. The average molecular weight is 746 g/mol. The van der Waals surface area contributed by atoms with Crippen LogP contribution in [0.25, 0.3) is 0 Å². The fourth-order valence-corrected chi connectivity index (χ4v) is 7.51. The molecule has 0 bridgehead atoms. The van der Waals surface area contributed by atoms with E-state index in [1.165, 1.54) is 14.2 Å². The third-order valence-electron chi connectivity index (χ3n) is 11.0. The van der Waals surface area contributed by atoms with Gasteiger partial charge in [-0.05, 0) is 43.7 Å². The zero-order valence-corrected chi connectivity index (χ0v) is 34.4. The number of ether oxygens (including phenoxy) is 3. The normalized spacial score (nSPS) is 19.9. The van der Waals surface area contributed by atoms with Gasteiger partial charge < -0.3 is 40.0 Å². The summed E-state index contributed by atoms with van der Waals surface area (Å²) in [4.78, 5) is 71.3. The standard InChI is InChI=1S/C40H67N5O8/c1-14-25(6)36(44(10)40(50)35(24(4)5)43-39(49)34(41-9)23(2)3)32(52-12)20-33(47)45-22-28(51-11)19-30(45)37(53-13)27(8)38(48)42-21-31(46)29-18-16-15-17-26(29)7/h15-18,23-25,27-28,30,32,34-37,41H,14,19-22H2,1-13H3,(H,42,48)(H,43,49)/t25-,27+,28+,30-,32-,34-,35-,36-,37+/m0/s1. The van der Waals surface area contributed by atoms with E-state index < -0.39 is 42.3 Å². The van der Waals surface area contributed by atoms with Gasteiger partial charge in [-0.25, -0.2) is 0 Å². The molecule has 1 aromatic carbocycles. The third kappa shape index (κ3) is 11.8. The number of Topliss-reactive ketones (excluding diaryl/α,β-unsaturated/α-hetero) is 1. The quantitative estimate of drug-likeness (QED) is 0.161. The topological polar surface area (TPSA) is 156 Å². The number of carbonyl (C=O) groups is 5. The van der Waals surface area contributed by atoms with E-state index in [0.717, 1.165) is 5.56 Å². The Kier molecular flexibility index (Phi) is 18.6. The Balaban J connectivity index is 2.30. The fraction of sp³-hybridized carbons (Fsp3) is 0.725. The molecule has 1 saturated heterocycles. The van der Waals surface area contributed by atoms with Crippen molar-refractivity contribution in [2.45, 2.75) is 117 Å². The summed E-state index contributed by atoms with van der Waals surface area (Å²) >= 11 is 0. The van der Waals surface area contributed by atoms with Crippen molar-refractivity contribution in [3.63, 3.8) is 0 Å². The van der Waals surface area contributed by atoms with Crippen LogP contribution in [0.1, 0.15) is 83.7 Å². The highest BCUT2D eigenvalue weighted by Gasteiger charge is 2.45. The predicted octanol–water partition coefficient (Wildman–Crippen LogP) is 3.22. The minimum absolute atomic E-state index is 0.0211. The Labute approximate surface area is 317 Å². The fourth-order valence-electron chi connectivity index (χ4n) is 7.51. The average Bonchev–Trinajstić information content (AvgIpc) is 3.56. The Bertz CT molecular complexity index is 1370. The summed E-state index contributed by atoms with van der Waals surface area (Å²) in [7, 11) is 8.07. The largest absolute Gasteiger partial charge is 0.380 e. The molecule has 0 aromatic heterocycles. The molecule has 0 unspecified atom stereocenters. The van der Waals surface area contributed by atoms with Crippen molar-refractivity contribution >= 4 is 29.4 Å². The van der Waals surface area contributed by atoms with Crippen molar-refractivity contribution in [3.05, 3.63) is 35.4 Å². The van der Waals surface area contributed by atoms with E-state index in [9.17, 15) is 24.0 Å². The van der Waals surface area contributed by atoms with E-state index in [1.54, 1.807) is 50.1 Å². The zero-order chi connectivity index (χ0) is 40.2. The lowest BCUT2D eigenvalue weighted by Gasteiger charge is -2.41. The van der Waals surface area contributed by atoms with Gasteiger partial charge in [0, 0.05) is 40.5 Å². The van der Waals surface area contributed by atoms with Gasteiger partial charge >= 0.3 is 0 Å². The first-order chi connectivity index (χ1) is 25.0. The number of likely N-dealkylation sites (N-methyl/N-ethyl adjacent to an activating group) is 2. The van der Waals surface area contributed by atoms with Crippen LogP contribution in [-0.2, 0) is 33.4 Å². The molecule has 13 heteroatoms. The van der Waals surface area contributed by atoms with E-state index in [4.69, 9.17) is 14.2 Å². The first-order valence-corrected chi connectivity index (χ1v) is 19.0. The first kappa shape index (κ1) is 45.8. The molecule has 2 rings (SSSR count). The van der Waals surface area contributed by atoms with Crippen LogP contribution >= 0.6 is 0 Å². The van der Waals surface area contributed by atoms with E-state index in [0.29, 0.717) is 24.9 Å². The van der Waals surface area contributed by atoms with Gasteiger partial charge in [-0.2, -0.15) is 0 Å². The lowest BCUT2D eigenvalue weighted by molar-refractivity contribution is -0.147. The molecule has 53 heavy (non-hydrogen) atoms. The molecule has 0 saturated carbocycles. The maximum Gasteiger partial charge on any atom is 0.245 e. The molecule has 9 atom stereocenters. The van der Waals surface area contributed by atoms with Crippen molar-refractivity contribution in [2.24, 2.45) is 23.7 Å². The monoisotopic (exact) mass is 745 g/mol. The molecule has 0 spiro atoms. The number of aryl methyl sites for hydroxylation is 1. The molecular formula is C40H67N5O8. The number of rotatable bonds is 21. The van der Waals surface area contributed by atoms with Gasteiger partial charge in [0.2, 0.25) is 23.6 Å². The SMILES string of the molecule is CC[C@H](C)[C@@H]([C@H](CC(=O)N1C[C@H](OC)C[C@H]1[C@H](OC)[C@@H](C)C(=O)NCC(=O)c1ccccc1C)OC)N(C)C(=O)[C@@H](NC(=O)[C@@H](NC)C(C)C)C(C)C. The lowest BCUT2D eigenvalue weighted by Crippen LogP contribution is -2.59. The number of carbonyl (C=O) groups excluding carboxylic acids is 5. The van der Waals surface area contributed by atoms with Crippen LogP contribution in [-0.4, -0.2) is 130 Å². The first-order valence-electron chi connectivity index (χ1n) is 19.0. The highest BCUT2D eigenvalue weighted by molar-refractivity contribution is 6.00. The number of nitrogens with zero attached hydrogens (tertiary/aromatic N) is 2. The molecule has 1 heterocycles. The number of ketones is 1. The number of hydrogen-bond acceptors (Lipinski definition) is 9. The van der Waals surface area contributed by atoms with Crippen molar-refractivity contribution < 1.29 is 38.2 Å². The van der Waals surface area contributed by atoms with Gasteiger partial charge in [0.05, 0.1) is 55.3 Å². The number of hydrogen-bond donors (Lipinski definition) is 3. The maximum absolute atomic E-state index is 14.3. The Hall–Kier alpha value is -3.39. The molecule has 0 radical (unpaired) electrons. The highest BCUT2D eigenvalue weighted by atomic mass is 16.5. The van der Waals surface area contributed by atoms with Crippen LogP contribution in [0.5, 0.6) is 0 Å². The van der Waals surface area contributed by atoms with Crippen LogP contribution in [0.3, 0.4) is 0 Å². The molecule has 1 aliphatic rings. The molecule has 13 nitrogen and oxygen atoms in total. The number of amides is 4. The molecule has 1 aliphatic heterocycles. The minimum atomic E-state index is -0.783. The zero-order valence-electron chi connectivity index (χ0n) is 34.4. The van der Waals surface area contributed by atoms with Crippen molar-refractivity contribution in [1.82, 2.24) is 25.8 Å². The van der Waals surface area contributed by atoms with Crippen LogP contribution in [0.15, 0.2) is 24.3 Å². The summed E-state index contributed by atoms with van der Waals surface area (Å²) in [6.07, 6.45) is -0.514. The highest BCUT2D eigenvalue weighted by Crippen LogP contribution is 2.31. The van der Waals surface area contributed by atoms with Crippen LogP contribution in [0.4, 0.5) is 0 Å². The van der Waals surface area contributed by atoms with E-state index >= 15 is 0 Å². The Morgan fingerprint density at radius 2 is 1.55 bits per heavy atom. The Morgan fingerprint density at radius 3 is 2.06 bits per heavy atom. The summed E-state index contributed by atoms with van der Waals surface area (Å²) in [5.41, 5.74) is 1.38. The second kappa shape index (κ2) is 21.5. The van der Waals surface area contributed by atoms with Gasteiger partial charge in [-0.1, -0.05) is 79.2 Å². The molecule has 0 aliphatic carbocycles. The molecule has 4 amide bonds. The molecule has 3 N–H and O–H groups in total. The van der Waals surface area contributed by atoms with Gasteiger partial charge in [0.15, 0.2) is 5.78 Å². The van der Waals surface area contributed by atoms with E-state index in [2.05, 4.69) is 16.0 Å². The number of nitrogens with one attached hydrogen (secondary N) is 3. The van der Waals surface area contributed by atoms with Gasteiger partial charge in [0.1, 0.15) is 6.04 Å². The van der Waals surface area contributed by atoms with Crippen molar-refractivity contribution in [2.75, 3.05) is 48.5 Å². The van der Waals surface area contributed by atoms with Gasteiger partial charge in [-0.15, -0.1) is 0 Å². The molecular weight excluding hydrogens is 678 g/mol. The van der Waals surface area contributed by atoms with Crippen LogP contribution < -0.4 is 16.0 Å². The minimum Gasteiger partial charge on any atom is -0.380 e. The summed E-state index contributed by atoms with van der Waals surface area (Å²) in [5, 5.41) is 8.79. The van der Waals surface area contributed by atoms with Crippen LogP contribution in [0.2, 0.25) is 0 Å². The number of likely N-dealkylation sites (tertiary alicyclic amines) is 1. The van der Waals surface area contributed by atoms with E-state index in [-0.39, 0.29) is 66.2 Å². The van der Waals surface area contributed by atoms with Gasteiger partial charge in [0.25, 0.3) is 0 Å². The Morgan fingerprint density at radius 1 is 0.925 bits per heavy atom. The molecule has 300 valence electrons. The second-order valence-corrected chi connectivity index (χ2v) is 15.2. The smallest absolute Gasteiger partial charge is 0.245 e.